The molecule has 1 heterocycles. The first-order valence-corrected chi connectivity index (χ1v) is 7.58. The molecule has 2 aromatic rings. The van der Waals surface area contributed by atoms with Crippen molar-refractivity contribution in [2.24, 2.45) is 0 Å². The monoisotopic (exact) mass is 323 g/mol. The Morgan fingerprint density at radius 2 is 2.05 bits per heavy atom. The van der Waals surface area contributed by atoms with Crippen molar-refractivity contribution in [2.75, 3.05) is 0 Å². The van der Waals surface area contributed by atoms with Gasteiger partial charge in [0.1, 0.15) is 0 Å². The third-order valence-corrected chi connectivity index (χ3v) is 4.29. The minimum absolute atomic E-state index is 0.152. The number of benzene rings is 1. The first kappa shape index (κ1) is 15.5. The summed E-state index contributed by atoms with van der Waals surface area (Å²) in [6, 6.07) is 8.66. The third-order valence-electron chi connectivity index (χ3n) is 3.02. The fourth-order valence-electron chi connectivity index (χ4n) is 2.00. The van der Waals surface area contributed by atoms with Crippen LogP contribution in [-0.4, -0.2) is 17.0 Å². The highest BCUT2D eigenvalue weighted by molar-refractivity contribution is 7.10. The zero-order valence-electron chi connectivity index (χ0n) is 11.3. The van der Waals surface area contributed by atoms with Crippen LogP contribution in [0, 0.1) is 0 Å². The zero-order chi connectivity index (χ0) is 15.4. The normalized spacial score (nSPS) is 11.9. The van der Waals surface area contributed by atoms with Crippen LogP contribution in [0.3, 0.4) is 0 Å². The van der Waals surface area contributed by atoms with E-state index >= 15 is 0 Å². The van der Waals surface area contributed by atoms with Crippen molar-refractivity contribution in [2.45, 2.75) is 19.4 Å². The molecule has 4 nitrogen and oxygen atoms in total. The summed E-state index contributed by atoms with van der Waals surface area (Å²) in [6.45, 7) is 1.84. The molecule has 1 amide bonds. The van der Waals surface area contributed by atoms with Gasteiger partial charge < -0.3 is 10.4 Å². The van der Waals surface area contributed by atoms with Crippen molar-refractivity contribution in [3.63, 3.8) is 0 Å². The quantitative estimate of drug-likeness (QED) is 0.884. The average Bonchev–Trinajstić information content (AvgIpc) is 2.86. The summed E-state index contributed by atoms with van der Waals surface area (Å²) in [7, 11) is 0. The van der Waals surface area contributed by atoms with Crippen molar-refractivity contribution in [3.8, 4) is 0 Å². The third kappa shape index (κ3) is 3.83. The lowest BCUT2D eigenvalue weighted by molar-refractivity contribution is -0.136. The van der Waals surface area contributed by atoms with Crippen LogP contribution in [0.15, 0.2) is 35.7 Å². The molecule has 0 aliphatic rings. The second-order valence-corrected chi connectivity index (χ2v) is 5.95. The van der Waals surface area contributed by atoms with Crippen LogP contribution in [0.5, 0.6) is 0 Å². The number of halogens is 1. The van der Waals surface area contributed by atoms with E-state index in [4.69, 9.17) is 16.7 Å². The summed E-state index contributed by atoms with van der Waals surface area (Å²) in [5.74, 6) is -1.24. The molecule has 0 saturated heterocycles. The van der Waals surface area contributed by atoms with Gasteiger partial charge in [-0.1, -0.05) is 29.8 Å². The molecule has 0 spiro atoms. The number of hydrogen-bond acceptors (Lipinski definition) is 3. The molecule has 1 aromatic heterocycles. The van der Waals surface area contributed by atoms with Gasteiger partial charge in [0.15, 0.2) is 0 Å². The standard InChI is InChI=1S/C15H14ClNO3S/c1-9(10-4-2-3-5-12(10)16)17-15(20)11-6-7-21-13(11)8-14(18)19/h2-7,9H,8H2,1H3,(H,17,20)(H,18,19). The maximum atomic E-state index is 12.3. The van der Waals surface area contributed by atoms with Gasteiger partial charge in [-0.25, -0.2) is 0 Å². The number of nitrogens with one attached hydrogen (secondary N) is 1. The summed E-state index contributed by atoms with van der Waals surface area (Å²) in [5, 5.41) is 14.0. The summed E-state index contributed by atoms with van der Waals surface area (Å²) in [5.41, 5.74) is 1.23. The molecule has 2 rings (SSSR count). The number of thiophene rings is 1. The van der Waals surface area contributed by atoms with E-state index in [-0.39, 0.29) is 18.4 Å². The second kappa shape index (κ2) is 6.74. The molecule has 0 bridgehead atoms. The summed E-state index contributed by atoms with van der Waals surface area (Å²) < 4.78 is 0. The number of hydrogen-bond donors (Lipinski definition) is 2. The number of carboxylic acid groups (broad SMARTS) is 1. The van der Waals surface area contributed by atoms with Crippen LogP contribution in [-0.2, 0) is 11.2 Å². The Hall–Kier alpha value is -1.85. The lowest BCUT2D eigenvalue weighted by Crippen LogP contribution is -2.27. The molecule has 2 N–H and O–H groups in total. The van der Waals surface area contributed by atoms with Crippen LogP contribution in [0.2, 0.25) is 5.02 Å². The van der Waals surface area contributed by atoms with E-state index in [0.717, 1.165) is 5.56 Å². The molecule has 0 aliphatic heterocycles. The lowest BCUT2D eigenvalue weighted by atomic mass is 10.1. The van der Waals surface area contributed by atoms with Crippen LogP contribution >= 0.6 is 22.9 Å². The minimum atomic E-state index is -0.953. The number of carbonyl (C=O) groups is 2. The van der Waals surface area contributed by atoms with Crippen molar-refractivity contribution >= 4 is 34.8 Å². The molecule has 21 heavy (non-hydrogen) atoms. The lowest BCUT2D eigenvalue weighted by Gasteiger charge is -2.15. The fraction of sp³-hybridized carbons (Fsp3) is 0.200. The maximum absolute atomic E-state index is 12.3. The van der Waals surface area contributed by atoms with Crippen LogP contribution in [0.25, 0.3) is 0 Å². The number of aliphatic carboxylic acids is 1. The molecule has 1 unspecified atom stereocenters. The van der Waals surface area contributed by atoms with E-state index < -0.39 is 5.97 Å². The molecular weight excluding hydrogens is 310 g/mol. The van der Waals surface area contributed by atoms with E-state index in [1.165, 1.54) is 11.3 Å². The van der Waals surface area contributed by atoms with Gasteiger partial charge >= 0.3 is 5.97 Å². The Morgan fingerprint density at radius 1 is 1.33 bits per heavy atom. The summed E-state index contributed by atoms with van der Waals surface area (Å²) in [6.07, 6.45) is -0.152. The number of rotatable bonds is 5. The van der Waals surface area contributed by atoms with Crippen LogP contribution in [0.4, 0.5) is 0 Å². The largest absolute Gasteiger partial charge is 0.481 e. The maximum Gasteiger partial charge on any atom is 0.308 e. The molecule has 0 radical (unpaired) electrons. The highest BCUT2D eigenvalue weighted by Crippen LogP contribution is 2.23. The Labute approximate surface area is 131 Å². The minimum Gasteiger partial charge on any atom is -0.481 e. The zero-order valence-corrected chi connectivity index (χ0v) is 12.9. The van der Waals surface area contributed by atoms with Gasteiger partial charge in [-0.05, 0) is 30.0 Å². The van der Waals surface area contributed by atoms with Crippen molar-refractivity contribution in [3.05, 3.63) is 56.7 Å². The number of carboxylic acids is 1. The first-order valence-electron chi connectivity index (χ1n) is 6.32. The Balaban J connectivity index is 2.13. The van der Waals surface area contributed by atoms with Gasteiger partial charge in [0, 0.05) is 9.90 Å². The van der Waals surface area contributed by atoms with Gasteiger partial charge in [0.05, 0.1) is 18.0 Å². The van der Waals surface area contributed by atoms with E-state index in [0.29, 0.717) is 15.5 Å². The SMILES string of the molecule is CC(NC(=O)c1ccsc1CC(=O)O)c1ccccc1Cl. The molecule has 6 heteroatoms. The highest BCUT2D eigenvalue weighted by Gasteiger charge is 2.18. The summed E-state index contributed by atoms with van der Waals surface area (Å²) >= 11 is 7.37. The van der Waals surface area contributed by atoms with Gasteiger partial charge in [0.25, 0.3) is 5.91 Å². The molecule has 0 aliphatic carbocycles. The topological polar surface area (TPSA) is 66.4 Å². The van der Waals surface area contributed by atoms with E-state index in [9.17, 15) is 9.59 Å². The van der Waals surface area contributed by atoms with Crippen LogP contribution in [0.1, 0.15) is 33.8 Å². The number of carbonyl (C=O) groups excluding carboxylic acids is 1. The summed E-state index contributed by atoms with van der Waals surface area (Å²) in [4.78, 5) is 23.6. The smallest absolute Gasteiger partial charge is 0.308 e. The predicted molar refractivity (Wildman–Crippen MR) is 83.0 cm³/mol. The van der Waals surface area contributed by atoms with Gasteiger partial charge in [-0.15, -0.1) is 11.3 Å². The average molecular weight is 324 g/mol. The predicted octanol–water partition coefficient (Wildman–Crippen LogP) is 3.52. The van der Waals surface area contributed by atoms with Crippen molar-refractivity contribution in [1.29, 1.82) is 0 Å². The van der Waals surface area contributed by atoms with Crippen LogP contribution < -0.4 is 5.32 Å². The van der Waals surface area contributed by atoms with E-state index in [1.807, 2.05) is 25.1 Å². The Kier molecular flexibility index (Phi) is 4.98. The highest BCUT2D eigenvalue weighted by atomic mass is 35.5. The fourth-order valence-corrected chi connectivity index (χ4v) is 3.16. The van der Waals surface area contributed by atoms with E-state index in [2.05, 4.69) is 5.32 Å². The van der Waals surface area contributed by atoms with Crippen molar-refractivity contribution < 1.29 is 14.7 Å². The second-order valence-electron chi connectivity index (χ2n) is 4.54. The van der Waals surface area contributed by atoms with Gasteiger partial charge in [0.2, 0.25) is 0 Å². The Morgan fingerprint density at radius 3 is 2.71 bits per heavy atom. The molecule has 110 valence electrons. The first-order chi connectivity index (χ1) is 9.99. The molecular formula is C15H14ClNO3S. The molecule has 0 fully saturated rings. The van der Waals surface area contributed by atoms with Crippen molar-refractivity contribution in [1.82, 2.24) is 5.32 Å². The molecule has 1 aromatic carbocycles. The number of amides is 1. The Bertz CT molecular complexity index is 668. The van der Waals surface area contributed by atoms with Gasteiger partial charge in [-0.3, -0.25) is 9.59 Å². The van der Waals surface area contributed by atoms with Gasteiger partial charge in [-0.2, -0.15) is 0 Å². The molecule has 1 atom stereocenters. The van der Waals surface area contributed by atoms with E-state index in [1.54, 1.807) is 17.5 Å². The molecule has 0 saturated carbocycles.